The summed E-state index contributed by atoms with van der Waals surface area (Å²) in [5, 5.41) is 22.3. The van der Waals surface area contributed by atoms with Gasteiger partial charge in [-0.05, 0) is 18.7 Å². The average Bonchev–Trinajstić information content (AvgIpc) is 2.49. The first-order valence-corrected chi connectivity index (χ1v) is 7.10. The van der Waals surface area contributed by atoms with Crippen molar-refractivity contribution in [3.8, 4) is 0 Å². The standard InChI is InChI=1S/C15H14ClN3O4/c1-17(9-11-4-2-3-5-15(11)19(22)23)10-12-8-13(18(20)21)6-7-14(12)16/h2-8H,9-10H2,1H3. The van der Waals surface area contributed by atoms with Crippen LogP contribution in [0.5, 0.6) is 0 Å². The zero-order valence-electron chi connectivity index (χ0n) is 12.3. The van der Waals surface area contributed by atoms with Gasteiger partial charge in [0.15, 0.2) is 0 Å². The number of nitro benzene ring substituents is 2. The number of halogens is 1. The Hall–Kier alpha value is -2.51. The molecule has 0 radical (unpaired) electrons. The van der Waals surface area contributed by atoms with Crippen LogP contribution in [0.3, 0.4) is 0 Å². The van der Waals surface area contributed by atoms with E-state index in [9.17, 15) is 20.2 Å². The van der Waals surface area contributed by atoms with Crippen molar-refractivity contribution in [2.45, 2.75) is 13.1 Å². The highest BCUT2D eigenvalue weighted by Crippen LogP contribution is 2.25. The summed E-state index contributed by atoms with van der Waals surface area (Å²) in [6.07, 6.45) is 0. The maximum absolute atomic E-state index is 11.0. The van der Waals surface area contributed by atoms with Crippen LogP contribution in [-0.2, 0) is 13.1 Å². The predicted molar refractivity (Wildman–Crippen MR) is 86.4 cm³/mol. The van der Waals surface area contributed by atoms with Crippen molar-refractivity contribution in [1.29, 1.82) is 0 Å². The first-order chi connectivity index (χ1) is 10.9. The van der Waals surface area contributed by atoms with Crippen LogP contribution in [0, 0.1) is 20.2 Å². The molecule has 0 aliphatic carbocycles. The van der Waals surface area contributed by atoms with E-state index >= 15 is 0 Å². The molecule has 0 N–H and O–H groups in total. The molecule has 0 heterocycles. The highest BCUT2D eigenvalue weighted by atomic mass is 35.5. The van der Waals surface area contributed by atoms with Crippen LogP contribution in [0.2, 0.25) is 5.02 Å². The summed E-state index contributed by atoms with van der Waals surface area (Å²) in [5.74, 6) is 0. The largest absolute Gasteiger partial charge is 0.298 e. The Bertz CT molecular complexity index is 751. The molecule has 120 valence electrons. The molecule has 0 amide bonds. The average molecular weight is 336 g/mol. The SMILES string of the molecule is CN(Cc1cc([N+](=O)[O-])ccc1Cl)Cc1ccccc1[N+](=O)[O-]. The molecular formula is C15H14ClN3O4. The third-order valence-corrected chi connectivity index (χ3v) is 3.68. The molecule has 0 aromatic heterocycles. The van der Waals surface area contributed by atoms with Crippen LogP contribution in [0.4, 0.5) is 11.4 Å². The summed E-state index contributed by atoms with van der Waals surface area (Å²) in [4.78, 5) is 22.8. The number of non-ortho nitro benzene ring substituents is 1. The third kappa shape index (κ3) is 4.24. The van der Waals surface area contributed by atoms with Crippen molar-refractivity contribution in [2.75, 3.05) is 7.05 Å². The lowest BCUT2D eigenvalue weighted by Crippen LogP contribution is -2.18. The summed E-state index contributed by atoms with van der Waals surface area (Å²) >= 11 is 6.07. The number of benzene rings is 2. The van der Waals surface area contributed by atoms with Crippen LogP contribution in [0.1, 0.15) is 11.1 Å². The quantitative estimate of drug-likeness (QED) is 0.591. The highest BCUT2D eigenvalue weighted by molar-refractivity contribution is 6.31. The molecule has 0 atom stereocenters. The topological polar surface area (TPSA) is 89.5 Å². The number of hydrogen-bond donors (Lipinski definition) is 0. The molecule has 23 heavy (non-hydrogen) atoms. The molecular weight excluding hydrogens is 322 g/mol. The Morgan fingerprint density at radius 1 is 1.00 bits per heavy atom. The van der Waals surface area contributed by atoms with Gasteiger partial charge in [0.1, 0.15) is 0 Å². The Kier molecular flexibility index (Phi) is 5.25. The molecule has 0 spiro atoms. The first kappa shape index (κ1) is 16.9. The second kappa shape index (κ2) is 7.17. The zero-order chi connectivity index (χ0) is 17.0. The van der Waals surface area contributed by atoms with Gasteiger partial charge in [-0.3, -0.25) is 25.1 Å². The minimum Gasteiger partial charge on any atom is -0.298 e. The highest BCUT2D eigenvalue weighted by Gasteiger charge is 2.16. The van der Waals surface area contributed by atoms with Gasteiger partial charge in [0.25, 0.3) is 11.4 Å². The van der Waals surface area contributed by atoms with Crippen molar-refractivity contribution < 1.29 is 9.85 Å². The van der Waals surface area contributed by atoms with E-state index in [1.165, 1.54) is 24.3 Å². The molecule has 2 aromatic carbocycles. The van der Waals surface area contributed by atoms with Gasteiger partial charge < -0.3 is 0 Å². The first-order valence-electron chi connectivity index (χ1n) is 6.72. The van der Waals surface area contributed by atoms with Crippen molar-refractivity contribution in [3.05, 3.63) is 78.8 Å². The van der Waals surface area contributed by atoms with Gasteiger partial charge >= 0.3 is 0 Å². The van der Waals surface area contributed by atoms with E-state index in [0.29, 0.717) is 29.2 Å². The minimum absolute atomic E-state index is 0.0384. The van der Waals surface area contributed by atoms with E-state index in [0.717, 1.165) is 0 Å². The summed E-state index contributed by atoms with van der Waals surface area (Å²) in [5.41, 5.74) is 1.18. The molecule has 7 nitrogen and oxygen atoms in total. The zero-order valence-corrected chi connectivity index (χ0v) is 13.1. The van der Waals surface area contributed by atoms with E-state index in [-0.39, 0.29) is 11.4 Å². The van der Waals surface area contributed by atoms with E-state index in [2.05, 4.69) is 0 Å². The van der Waals surface area contributed by atoms with E-state index in [1.807, 2.05) is 4.90 Å². The van der Waals surface area contributed by atoms with Gasteiger partial charge in [-0.2, -0.15) is 0 Å². The van der Waals surface area contributed by atoms with Crippen molar-refractivity contribution in [2.24, 2.45) is 0 Å². The molecule has 2 aromatic rings. The molecule has 0 saturated heterocycles. The van der Waals surface area contributed by atoms with Gasteiger partial charge in [0.05, 0.1) is 9.85 Å². The summed E-state index contributed by atoms with van der Waals surface area (Å²) in [6.45, 7) is 0.669. The molecule has 8 heteroatoms. The second-order valence-electron chi connectivity index (χ2n) is 5.09. The van der Waals surface area contributed by atoms with E-state index in [4.69, 9.17) is 11.6 Å². The number of hydrogen-bond acceptors (Lipinski definition) is 5. The lowest BCUT2D eigenvalue weighted by Gasteiger charge is -2.17. The van der Waals surface area contributed by atoms with E-state index in [1.54, 1.807) is 25.2 Å². The Balaban J connectivity index is 2.17. The summed E-state index contributed by atoms with van der Waals surface area (Å²) in [7, 11) is 1.77. The fraction of sp³-hybridized carbons (Fsp3) is 0.200. The van der Waals surface area contributed by atoms with Crippen LogP contribution in [0.25, 0.3) is 0 Å². The van der Waals surface area contributed by atoms with E-state index < -0.39 is 9.85 Å². The van der Waals surface area contributed by atoms with Crippen molar-refractivity contribution in [1.82, 2.24) is 4.90 Å². The van der Waals surface area contributed by atoms with Gasteiger partial charge in [0, 0.05) is 41.9 Å². The molecule has 0 bridgehead atoms. The Morgan fingerprint density at radius 2 is 1.65 bits per heavy atom. The van der Waals surface area contributed by atoms with Gasteiger partial charge in [-0.25, -0.2) is 0 Å². The molecule has 0 unspecified atom stereocenters. The van der Waals surface area contributed by atoms with Crippen LogP contribution >= 0.6 is 11.6 Å². The summed E-state index contributed by atoms with van der Waals surface area (Å²) < 4.78 is 0. The third-order valence-electron chi connectivity index (χ3n) is 3.31. The fourth-order valence-electron chi connectivity index (χ4n) is 2.26. The minimum atomic E-state index is -0.484. The smallest absolute Gasteiger partial charge is 0.273 e. The molecule has 0 aliphatic rings. The number of nitro groups is 2. The van der Waals surface area contributed by atoms with Crippen LogP contribution in [0.15, 0.2) is 42.5 Å². The Morgan fingerprint density at radius 3 is 2.30 bits per heavy atom. The lowest BCUT2D eigenvalue weighted by molar-refractivity contribution is -0.385. The van der Waals surface area contributed by atoms with Gasteiger partial charge in [-0.1, -0.05) is 29.8 Å². The number of rotatable bonds is 6. The Labute approximate surface area is 137 Å². The normalized spacial score (nSPS) is 10.7. The summed E-state index contributed by atoms with van der Waals surface area (Å²) in [6, 6.07) is 10.7. The van der Waals surface area contributed by atoms with Crippen molar-refractivity contribution in [3.63, 3.8) is 0 Å². The molecule has 2 rings (SSSR count). The van der Waals surface area contributed by atoms with Crippen molar-refractivity contribution >= 4 is 23.0 Å². The van der Waals surface area contributed by atoms with Crippen LogP contribution in [-0.4, -0.2) is 21.8 Å². The second-order valence-corrected chi connectivity index (χ2v) is 5.50. The number of nitrogens with zero attached hydrogens (tertiary/aromatic N) is 3. The monoisotopic (exact) mass is 335 g/mol. The molecule has 0 fully saturated rings. The van der Waals surface area contributed by atoms with Crippen LogP contribution < -0.4 is 0 Å². The number of para-hydroxylation sites is 1. The lowest BCUT2D eigenvalue weighted by atomic mass is 10.1. The molecule has 0 saturated carbocycles. The predicted octanol–water partition coefficient (Wildman–Crippen LogP) is 3.79. The van der Waals surface area contributed by atoms with Gasteiger partial charge in [-0.15, -0.1) is 0 Å². The maximum atomic E-state index is 11.0. The molecule has 0 aliphatic heterocycles. The van der Waals surface area contributed by atoms with Gasteiger partial charge in [0.2, 0.25) is 0 Å². The maximum Gasteiger partial charge on any atom is 0.273 e. The fourth-order valence-corrected chi connectivity index (χ4v) is 2.43.